The third-order valence-electron chi connectivity index (χ3n) is 4.22. The van der Waals surface area contributed by atoms with Gasteiger partial charge in [0.25, 0.3) is 5.56 Å². The third-order valence-corrected chi connectivity index (χ3v) is 4.22. The molecule has 3 heterocycles. The number of rotatable bonds is 4. The molecule has 0 N–H and O–H groups in total. The topological polar surface area (TPSA) is 69.8 Å². The Kier molecular flexibility index (Phi) is 4.15. The number of benzene rings is 1. The summed E-state index contributed by atoms with van der Waals surface area (Å²) >= 11 is 0. The summed E-state index contributed by atoms with van der Waals surface area (Å²) in [5.41, 5.74) is 1.66. The highest BCUT2D eigenvalue weighted by Crippen LogP contribution is 2.08. The summed E-state index contributed by atoms with van der Waals surface area (Å²) in [6.45, 7) is 0.476. The number of hydrogen-bond donors (Lipinski definition) is 0. The number of nitrogens with zero attached hydrogens (tertiary/aromatic N) is 4. The average Bonchev–Trinajstić information content (AvgIpc) is 2.70. The lowest BCUT2D eigenvalue weighted by Gasteiger charge is -2.13. The summed E-state index contributed by atoms with van der Waals surface area (Å²) in [4.78, 5) is 34.3. The minimum atomic E-state index is -0.402. The molecule has 0 aliphatic rings. The van der Waals surface area contributed by atoms with Gasteiger partial charge in [-0.25, -0.2) is 9.78 Å². The van der Waals surface area contributed by atoms with Crippen LogP contribution in [0, 0.1) is 0 Å². The minimum Gasteiger partial charge on any atom is -0.287 e. The smallest absolute Gasteiger partial charge is 0.287 e. The molecule has 0 unspecified atom stereocenters. The van der Waals surface area contributed by atoms with Crippen molar-refractivity contribution in [1.82, 2.24) is 19.1 Å². The van der Waals surface area contributed by atoms with E-state index in [2.05, 4.69) is 9.97 Å². The van der Waals surface area contributed by atoms with Gasteiger partial charge >= 0.3 is 5.69 Å². The summed E-state index contributed by atoms with van der Waals surface area (Å²) in [6.07, 6.45) is 3.20. The molecule has 0 aliphatic carbocycles. The zero-order chi connectivity index (χ0) is 17.9. The molecule has 0 bridgehead atoms. The highest BCUT2D eigenvalue weighted by atomic mass is 16.2. The zero-order valence-corrected chi connectivity index (χ0v) is 13.9. The molecule has 26 heavy (non-hydrogen) atoms. The second kappa shape index (κ2) is 6.76. The van der Waals surface area contributed by atoms with Crippen LogP contribution in [0.5, 0.6) is 0 Å². The Balaban J connectivity index is 1.92. The lowest BCUT2D eigenvalue weighted by Crippen LogP contribution is -2.41. The van der Waals surface area contributed by atoms with Crippen LogP contribution < -0.4 is 11.2 Å². The largest absolute Gasteiger partial charge is 0.332 e. The summed E-state index contributed by atoms with van der Waals surface area (Å²) in [5.74, 6) is 0. The van der Waals surface area contributed by atoms with E-state index in [1.165, 1.54) is 4.57 Å². The van der Waals surface area contributed by atoms with Crippen molar-refractivity contribution in [2.75, 3.05) is 0 Å². The summed E-state index contributed by atoms with van der Waals surface area (Å²) in [5, 5.41) is 0. The quantitative estimate of drug-likeness (QED) is 0.568. The van der Waals surface area contributed by atoms with E-state index in [-0.39, 0.29) is 17.8 Å². The second-order valence-corrected chi connectivity index (χ2v) is 5.94. The van der Waals surface area contributed by atoms with E-state index in [0.29, 0.717) is 17.8 Å². The predicted molar refractivity (Wildman–Crippen MR) is 99.1 cm³/mol. The molecule has 1 aromatic carbocycles. The van der Waals surface area contributed by atoms with Gasteiger partial charge in [-0.15, -0.1) is 0 Å². The molecular weight excluding hydrogens is 328 g/mol. The molecule has 0 amide bonds. The van der Waals surface area contributed by atoms with Crippen LogP contribution in [0.4, 0.5) is 0 Å². The first-order chi connectivity index (χ1) is 12.7. The maximum Gasteiger partial charge on any atom is 0.332 e. The van der Waals surface area contributed by atoms with Crippen molar-refractivity contribution < 1.29 is 0 Å². The van der Waals surface area contributed by atoms with Crippen LogP contribution in [0.15, 0.2) is 82.6 Å². The normalized spacial score (nSPS) is 10.9. The fourth-order valence-electron chi connectivity index (χ4n) is 2.95. The van der Waals surface area contributed by atoms with Crippen LogP contribution in [0.25, 0.3) is 11.0 Å². The first-order valence-electron chi connectivity index (χ1n) is 8.26. The van der Waals surface area contributed by atoms with Crippen LogP contribution in [-0.4, -0.2) is 19.1 Å². The van der Waals surface area contributed by atoms with Gasteiger partial charge in [0.15, 0.2) is 5.52 Å². The van der Waals surface area contributed by atoms with Gasteiger partial charge in [-0.3, -0.25) is 18.9 Å². The van der Waals surface area contributed by atoms with Crippen LogP contribution in [-0.2, 0) is 13.1 Å². The first kappa shape index (κ1) is 16.0. The highest BCUT2D eigenvalue weighted by molar-refractivity contribution is 5.73. The molecular formula is C20H16N4O2. The Hall–Kier alpha value is -3.54. The lowest BCUT2D eigenvalue weighted by molar-refractivity contribution is 0.626. The van der Waals surface area contributed by atoms with Crippen LogP contribution in [0.1, 0.15) is 11.3 Å². The van der Waals surface area contributed by atoms with Crippen molar-refractivity contribution >= 4 is 11.0 Å². The minimum absolute atomic E-state index is 0.111. The second-order valence-electron chi connectivity index (χ2n) is 5.94. The molecule has 0 saturated carbocycles. The van der Waals surface area contributed by atoms with Gasteiger partial charge in [0.05, 0.1) is 24.3 Å². The van der Waals surface area contributed by atoms with Gasteiger partial charge in [-0.05, 0) is 29.8 Å². The van der Waals surface area contributed by atoms with Crippen LogP contribution in [0.2, 0.25) is 0 Å². The molecule has 6 heteroatoms. The highest BCUT2D eigenvalue weighted by Gasteiger charge is 2.14. The molecule has 3 aromatic heterocycles. The summed E-state index contributed by atoms with van der Waals surface area (Å²) in [6, 6.07) is 18.5. The number of pyridine rings is 2. The third kappa shape index (κ3) is 2.93. The molecule has 0 saturated heterocycles. The molecule has 0 radical (unpaired) electrons. The molecule has 0 fully saturated rings. The fourth-order valence-corrected chi connectivity index (χ4v) is 2.95. The van der Waals surface area contributed by atoms with Crippen molar-refractivity contribution in [2.45, 2.75) is 13.1 Å². The number of fused-ring (bicyclic) bond motifs is 1. The van der Waals surface area contributed by atoms with Crippen molar-refractivity contribution in [1.29, 1.82) is 0 Å². The zero-order valence-electron chi connectivity index (χ0n) is 13.9. The van der Waals surface area contributed by atoms with Crippen molar-refractivity contribution in [3.05, 3.63) is 105 Å². The predicted octanol–water partition coefficient (Wildman–Crippen LogP) is 2.05. The lowest BCUT2D eigenvalue weighted by atomic mass is 10.2. The van der Waals surface area contributed by atoms with Crippen LogP contribution in [0.3, 0.4) is 0 Å². The van der Waals surface area contributed by atoms with E-state index in [0.717, 1.165) is 5.56 Å². The first-order valence-corrected chi connectivity index (χ1v) is 8.26. The Morgan fingerprint density at radius 3 is 2.27 bits per heavy atom. The van der Waals surface area contributed by atoms with Crippen molar-refractivity contribution in [3.63, 3.8) is 0 Å². The maximum absolute atomic E-state index is 13.1. The Morgan fingerprint density at radius 2 is 1.50 bits per heavy atom. The number of aromatic nitrogens is 4. The Morgan fingerprint density at radius 1 is 0.731 bits per heavy atom. The van der Waals surface area contributed by atoms with Gasteiger partial charge in [-0.2, -0.15) is 0 Å². The fraction of sp³-hybridized carbons (Fsp3) is 0.100. The van der Waals surface area contributed by atoms with E-state index in [1.807, 2.05) is 36.4 Å². The van der Waals surface area contributed by atoms with E-state index in [1.54, 1.807) is 41.2 Å². The summed E-state index contributed by atoms with van der Waals surface area (Å²) < 4.78 is 2.78. The molecule has 4 rings (SSSR count). The van der Waals surface area contributed by atoms with Gasteiger partial charge in [0, 0.05) is 12.4 Å². The van der Waals surface area contributed by atoms with Crippen molar-refractivity contribution in [3.8, 4) is 0 Å². The number of hydrogen-bond acceptors (Lipinski definition) is 4. The van der Waals surface area contributed by atoms with Gasteiger partial charge in [0.2, 0.25) is 0 Å². The van der Waals surface area contributed by atoms with Gasteiger partial charge < -0.3 is 0 Å². The molecule has 4 aromatic rings. The molecule has 6 nitrogen and oxygen atoms in total. The molecule has 0 spiro atoms. The standard InChI is InChI=1S/C20H16N4O2/c25-19-18-17(10-6-12-22-18)23(13-15-7-2-1-3-8-15)20(26)24(19)14-16-9-4-5-11-21-16/h1-12H,13-14H2. The van der Waals surface area contributed by atoms with Crippen LogP contribution >= 0.6 is 0 Å². The van der Waals surface area contributed by atoms with Gasteiger partial charge in [0.1, 0.15) is 0 Å². The van der Waals surface area contributed by atoms with E-state index in [9.17, 15) is 9.59 Å². The monoisotopic (exact) mass is 344 g/mol. The molecule has 0 aliphatic heterocycles. The average molecular weight is 344 g/mol. The van der Waals surface area contributed by atoms with Gasteiger partial charge in [-0.1, -0.05) is 36.4 Å². The maximum atomic E-state index is 13.1. The van der Waals surface area contributed by atoms with E-state index < -0.39 is 5.56 Å². The molecule has 128 valence electrons. The summed E-state index contributed by atoms with van der Waals surface area (Å²) in [7, 11) is 0. The molecule has 0 atom stereocenters. The van der Waals surface area contributed by atoms with Crippen molar-refractivity contribution in [2.24, 2.45) is 0 Å². The van der Waals surface area contributed by atoms with E-state index >= 15 is 0 Å². The Bertz CT molecular complexity index is 1170. The Labute approximate surface area is 149 Å². The SMILES string of the molecule is O=c1c2ncccc2n(Cc2ccccc2)c(=O)n1Cc1ccccn1. The van der Waals surface area contributed by atoms with E-state index in [4.69, 9.17) is 0 Å².